The fourth-order valence-corrected chi connectivity index (χ4v) is 3.24. The summed E-state index contributed by atoms with van der Waals surface area (Å²) in [7, 11) is 1.27. The maximum Gasteiger partial charge on any atom is 0.318 e. The van der Waals surface area contributed by atoms with E-state index in [1.165, 1.54) is 13.2 Å². The summed E-state index contributed by atoms with van der Waals surface area (Å²) in [5.74, 6) is -0.841. The van der Waals surface area contributed by atoms with Crippen LogP contribution in [0.4, 0.5) is 5.69 Å². The summed E-state index contributed by atoms with van der Waals surface area (Å²) in [6.07, 6.45) is 1.69. The van der Waals surface area contributed by atoms with Crippen LogP contribution in [0, 0.1) is 24.0 Å². The van der Waals surface area contributed by atoms with Gasteiger partial charge in [-0.15, -0.1) is 0 Å². The van der Waals surface area contributed by atoms with Gasteiger partial charge in [0.15, 0.2) is 11.5 Å². The molecule has 0 amide bonds. The first-order chi connectivity index (χ1) is 12.2. The van der Waals surface area contributed by atoms with Crippen LogP contribution in [0.1, 0.15) is 32.6 Å². The number of fused-ring (bicyclic) bond motifs is 1. The maximum absolute atomic E-state index is 12.7. The third kappa shape index (κ3) is 2.67. The summed E-state index contributed by atoms with van der Waals surface area (Å²) >= 11 is 0. The molecule has 1 aliphatic carbocycles. The Morgan fingerprint density at radius 3 is 2.31 bits per heavy atom. The number of hydrogen-bond donors (Lipinski definition) is 2. The molecule has 2 aromatic carbocycles. The van der Waals surface area contributed by atoms with E-state index in [4.69, 9.17) is 4.74 Å². The standard InChI is InChI=1S/C19H17NO6/c1-9-4-11(5-10(2)17(9)21)6-12-7-13-14(18(12)22)8-15(26-3)19(23)16(13)20(24)25/h4-6,8,21,23H,7H2,1-3H3/b12-6+. The Balaban J connectivity index is 2.13. The first-order valence-electron chi connectivity index (χ1n) is 7.87. The van der Waals surface area contributed by atoms with Crippen LogP contribution < -0.4 is 4.74 Å². The van der Waals surface area contributed by atoms with Crippen LogP contribution in [0.2, 0.25) is 0 Å². The van der Waals surface area contributed by atoms with E-state index in [0.717, 1.165) is 0 Å². The van der Waals surface area contributed by atoms with E-state index in [2.05, 4.69) is 0 Å². The van der Waals surface area contributed by atoms with E-state index in [-0.39, 0.29) is 34.8 Å². The van der Waals surface area contributed by atoms with Gasteiger partial charge in [-0.2, -0.15) is 0 Å². The Morgan fingerprint density at radius 1 is 1.15 bits per heavy atom. The number of nitro benzene ring substituents is 1. The molecule has 3 rings (SSSR count). The van der Waals surface area contributed by atoms with Crippen molar-refractivity contribution in [3.05, 3.63) is 61.7 Å². The number of carbonyl (C=O) groups is 1. The number of carbonyl (C=O) groups excluding carboxylic acids is 1. The van der Waals surface area contributed by atoms with Crippen molar-refractivity contribution < 1.29 is 24.7 Å². The first-order valence-corrected chi connectivity index (χ1v) is 7.87. The number of Topliss-reactive ketones (excluding diaryl/α,β-unsaturated/α-hetero) is 1. The average molecular weight is 355 g/mol. The van der Waals surface area contributed by atoms with E-state index in [0.29, 0.717) is 22.3 Å². The average Bonchev–Trinajstić information content (AvgIpc) is 2.87. The zero-order chi connectivity index (χ0) is 19.2. The smallest absolute Gasteiger partial charge is 0.318 e. The van der Waals surface area contributed by atoms with Crippen LogP contribution in [0.15, 0.2) is 23.8 Å². The highest BCUT2D eigenvalue weighted by Crippen LogP contribution is 2.45. The van der Waals surface area contributed by atoms with Crippen molar-refractivity contribution >= 4 is 17.5 Å². The molecule has 0 radical (unpaired) electrons. The van der Waals surface area contributed by atoms with Gasteiger partial charge in [-0.1, -0.05) is 0 Å². The number of nitro groups is 1. The summed E-state index contributed by atoms with van der Waals surface area (Å²) < 4.78 is 4.95. The number of ether oxygens (including phenoxy) is 1. The van der Waals surface area contributed by atoms with Gasteiger partial charge in [0, 0.05) is 23.1 Å². The van der Waals surface area contributed by atoms with Crippen molar-refractivity contribution in [1.29, 1.82) is 0 Å². The van der Waals surface area contributed by atoms with Crippen molar-refractivity contribution in [2.24, 2.45) is 0 Å². The molecule has 0 saturated carbocycles. The molecule has 0 aromatic heterocycles. The third-order valence-electron chi connectivity index (χ3n) is 4.50. The summed E-state index contributed by atoms with van der Waals surface area (Å²) in [6, 6.07) is 4.80. The highest BCUT2D eigenvalue weighted by molar-refractivity contribution is 6.16. The van der Waals surface area contributed by atoms with Crippen molar-refractivity contribution in [2.75, 3.05) is 7.11 Å². The molecule has 0 saturated heterocycles. The van der Waals surface area contributed by atoms with E-state index in [1.54, 1.807) is 32.1 Å². The Hall–Kier alpha value is -3.35. The lowest BCUT2D eigenvalue weighted by molar-refractivity contribution is -0.386. The van der Waals surface area contributed by atoms with Crippen molar-refractivity contribution in [2.45, 2.75) is 20.3 Å². The first kappa shape index (κ1) is 17.5. The Bertz CT molecular complexity index is 967. The van der Waals surface area contributed by atoms with Gasteiger partial charge in [0.2, 0.25) is 5.75 Å². The number of benzene rings is 2. The van der Waals surface area contributed by atoms with E-state index in [1.807, 2.05) is 0 Å². The van der Waals surface area contributed by atoms with Crippen LogP contribution in [0.5, 0.6) is 17.2 Å². The van der Waals surface area contributed by atoms with Crippen LogP contribution in [0.25, 0.3) is 6.08 Å². The second-order valence-corrected chi connectivity index (χ2v) is 6.24. The number of nitrogens with zero attached hydrogens (tertiary/aromatic N) is 1. The number of hydrogen-bond acceptors (Lipinski definition) is 6. The topological polar surface area (TPSA) is 110 Å². The Morgan fingerprint density at radius 2 is 1.77 bits per heavy atom. The van der Waals surface area contributed by atoms with Gasteiger partial charge in [0.25, 0.3) is 0 Å². The zero-order valence-electron chi connectivity index (χ0n) is 14.5. The van der Waals surface area contributed by atoms with Crippen molar-refractivity contribution in [1.82, 2.24) is 0 Å². The number of phenols is 2. The Labute approximate surface area is 149 Å². The van der Waals surface area contributed by atoms with Gasteiger partial charge in [-0.25, -0.2) is 0 Å². The number of allylic oxidation sites excluding steroid dienone is 1. The predicted molar refractivity (Wildman–Crippen MR) is 94.9 cm³/mol. The molecule has 0 bridgehead atoms. The van der Waals surface area contributed by atoms with Crippen LogP contribution in [-0.2, 0) is 6.42 Å². The molecule has 1 aliphatic rings. The van der Waals surface area contributed by atoms with E-state index >= 15 is 0 Å². The number of phenolic OH excluding ortho intramolecular Hbond substituents is 2. The summed E-state index contributed by atoms with van der Waals surface area (Å²) in [4.78, 5) is 23.4. The second-order valence-electron chi connectivity index (χ2n) is 6.24. The molecular formula is C19H17NO6. The molecule has 134 valence electrons. The number of methoxy groups -OCH3 is 1. The summed E-state index contributed by atoms with van der Waals surface area (Å²) in [5, 5.41) is 31.3. The number of aryl methyl sites for hydroxylation is 2. The lowest BCUT2D eigenvalue weighted by Gasteiger charge is -2.07. The van der Waals surface area contributed by atoms with Gasteiger partial charge in [0.1, 0.15) is 5.75 Å². The molecule has 0 aliphatic heterocycles. The SMILES string of the molecule is COc1cc2c(c([N+](=O)[O-])c1O)C/C(=C\c1cc(C)c(O)c(C)c1)C2=O. The van der Waals surface area contributed by atoms with E-state index < -0.39 is 16.4 Å². The molecule has 0 heterocycles. The zero-order valence-corrected chi connectivity index (χ0v) is 14.5. The third-order valence-corrected chi connectivity index (χ3v) is 4.50. The highest BCUT2D eigenvalue weighted by atomic mass is 16.6. The van der Waals surface area contributed by atoms with Crippen LogP contribution >= 0.6 is 0 Å². The molecule has 0 fully saturated rings. The lowest BCUT2D eigenvalue weighted by Crippen LogP contribution is -2.00. The molecule has 2 aromatic rings. The monoisotopic (exact) mass is 355 g/mol. The fraction of sp³-hybridized carbons (Fsp3) is 0.211. The predicted octanol–water partition coefficient (Wildman–Crippen LogP) is 3.45. The quantitative estimate of drug-likeness (QED) is 0.496. The molecule has 7 nitrogen and oxygen atoms in total. The molecule has 0 unspecified atom stereocenters. The van der Waals surface area contributed by atoms with Crippen molar-refractivity contribution in [3.63, 3.8) is 0 Å². The van der Waals surface area contributed by atoms with Gasteiger partial charge >= 0.3 is 5.69 Å². The number of rotatable bonds is 3. The van der Waals surface area contributed by atoms with E-state index in [9.17, 15) is 25.1 Å². The minimum atomic E-state index is -0.707. The molecule has 26 heavy (non-hydrogen) atoms. The minimum Gasteiger partial charge on any atom is -0.507 e. The summed E-state index contributed by atoms with van der Waals surface area (Å²) in [5.41, 5.74) is 2.26. The highest BCUT2D eigenvalue weighted by Gasteiger charge is 2.36. The van der Waals surface area contributed by atoms with Gasteiger partial charge in [-0.05, 0) is 54.8 Å². The summed E-state index contributed by atoms with van der Waals surface area (Å²) in [6.45, 7) is 3.51. The molecule has 0 atom stereocenters. The lowest BCUT2D eigenvalue weighted by atomic mass is 10.0. The van der Waals surface area contributed by atoms with Crippen molar-refractivity contribution in [3.8, 4) is 17.2 Å². The van der Waals surface area contributed by atoms with Gasteiger partial charge < -0.3 is 14.9 Å². The largest absolute Gasteiger partial charge is 0.507 e. The van der Waals surface area contributed by atoms with Crippen LogP contribution in [-0.4, -0.2) is 28.0 Å². The minimum absolute atomic E-state index is 0.0427. The number of aromatic hydroxyl groups is 2. The van der Waals surface area contributed by atoms with Gasteiger partial charge in [0.05, 0.1) is 12.0 Å². The molecular weight excluding hydrogens is 338 g/mol. The maximum atomic E-state index is 12.7. The molecule has 2 N–H and O–H groups in total. The molecule has 7 heteroatoms. The van der Waals surface area contributed by atoms with Gasteiger partial charge in [-0.3, -0.25) is 14.9 Å². The normalized spacial score (nSPS) is 14.6. The number of ketones is 1. The van der Waals surface area contributed by atoms with Crippen LogP contribution in [0.3, 0.4) is 0 Å². The Kier molecular flexibility index (Phi) is 4.15. The fourth-order valence-electron chi connectivity index (χ4n) is 3.24. The second kappa shape index (κ2) is 6.18. The molecule has 0 spiro atoms.